The van der Waals surface area contributed by atoms with Crippen LogP contribution in [0.5, 0.6) is 0 Å². The Morgan fingerprint density at radius 3 is 2.63 bits per heavy atom. The van der Waals surface area contributed by atoms with Gasteiger partial charge in [-0.1, -0.05) is 12.1 Å². The van der Waals surface area contributed by atoms with Crippen LogP contribution >= 0.6 is 0 Å². The minimum atomic E-state index is 0.314. The quantitative estimate of drug-likeness (QED) is 0.871. The summed E-state index contributed by atoms with van der Waals surface area (Å²) in [5, 5.41) is 12.3. The van der Waals surface area contributed by atoms with Gasteiger partial charge in [0.1, 0.15) is 0 Å². The Morgan fingerprint density at radius 2 is 2.00 bits per heavy atom. The second-order valence-corrected chi connectivity index (χ2v) is 4.86. The van der Waals surface area contributed by atoms with Crippen LogP contribution in [0.1, 0.15) is 24.1 Å². The molecule has 19 heavy (non-hydrogen) atoms. The largest absolute Gasteiger partial charge is 0.379 e. The van der Waals surface area contributed by atoms with Gasteiger partial charge in [-0.15, -0.1) is 0 Å². The molecule has 1 aliphatic heterocycles. The van der Waals surface area contributed by atoms with Gasteiger partial charge < -0.3 is 10.1 Å². The Hall–Kier alpha value is -1.41. The average molecular weight is 259 g/mol. The topological polar surface area (TPSA) is 48.3 Å². The van der Waals surface area contributed by atoms with Crippen molar-refractivity contribution >= 4 is 0 Å². The summed E-state index contributed by atoms with van der Waals surface area (Å²) in [5.41, 5.74) is 1.94. The predicted molar refractivity (Wildman–Crippen MR) is 74.8 cm³/mol. The minimum Gasteiger partial charge on any atom is -0.379 e. The van der Waals surface area contributed by atoms with Gasteiger partial charge in [-0.3, -0.25) is 4.90 Å². The lowest BCUT2D eigenvalue weighted by Crippen LogP contribution is -2.40. The van der Waals surface area contributed by atoms with E-state index in [9.17, 15) is 0 Å². The first-order valence-electron chi connectivity index (χ1n) is 6.83. The van der Waals surface area contributed by atoms with E-state index in [1.165, 1.54) is 5.56 Å². The number of hydrogen-bond acceptors (Lipinski definition) is 4. The molecule has 0 amide bonds. The maximum Gasteiger partial charge on any atom is 0.0991 e. The predicted octanol–water partition coefficient (Wildman–Crippen LogP) is 1.54. The van der Waals surface area contributed by atoms with Crippen LogP contribution in [0.25, 0.3) is 0 Å². The average Bonchev–Trinajstić information content (AvgIpc) is 2.48. The second kappa shape index (κ2) is 7.25. The fourth-order valence-electron chi connectivity index (χ4n) is 2.23. The van der Waals surface area contributed by atoms with Gasteiger partial charge in [-0.05, 0) is 24.6 Å². The lowest BCUT2D eigenvalue weighted by Gasteiger charge is -2.27. The van der Waals surface area contributed by atoms with Crippen LogP contribution < -0.4 is 5.32 Å². The summed E-state index contributed by atoms with van der Waals surface area (Å²) in [6.45, 7) is 7.96. The van der Waals surface area contributed by atoms with E-state index in [2.05, 4.69) is 23.2 Å². The SMILES string of the molecule is CC(NCCN1CCOCC1)c1ccc(C#N)cc1. The number of morpholine rings is 1. The maximum absolute atomic E-state index is 8.77. The third kappa shape index (κ3) is 4.32. The summed E-state index contributed by atoms with van der Waals surface area (Å²) in [6, 6.07) is 10.2. The minimum absolute atomic E-state index is 0.314. The lowest BCUT2D eigenvalue weighted by molar-refractivity contribution is 0.0382. The number of nitrogens with one attached hydrogen (secondary N) is 1. The molecule has 1 saturated heterocycles. The smallest absolute Gasteiger partial charge is 0.0991 e. The molecule has 1 fully saturated rings. The van der Waals surface area contributed by atoms with Gasteiger partial charge in [-0.2, -0.15) is 5.26 Å². The molecule has 1 unspecified atom stereocenters. The molecule has 0 bridgehead atoms. The summed E-state index contributed by atoms with van der Waals surface area (Å²) in [5.74, 6) is 0. The zero-order valence-electron chi connectivity index (χ0n) is 11.4. The molecule has 0 aromatic heterocycles. The number of hydrogen-bond donors (Lipinski definition) is 1. The second-order valence-electron chi connectivity index (χ2n) is 4.86. The molecule has 1 atom stereocenters. The summed E-state index contributed by atoms with van der Waals surface area (Å²) < 4.78 is 5.33. The zero-order valence-corrected chi connectivity index (χ0v) is 11.4. The summed E-state index contributed by atoms with van der Waals surface area (Å²) in [4.78, 5) is 2.42. The number of nitrogens with zero attached hydrogens (tertiary/aromatic N) is 2. The van der Waals surface area contributed by atoms with Gasteiger partial charge >= 0.3 is 0 Å². The highest BCUT2D eigenvalue weighted by Gasteiger charge is 2.10. The number of benzene rings is 1. The fraction of sp³-hybridized carbons (Fsp3) is 0.533. The summed E-state index contributed by atoms with van der Waals surface area (Å²) in [6.07, 6.45) is 0. The van der Waals surface area contributed by atoms with Crippen molar-refractivity contribution in [3.63, 3.8) is 0 Å². The molecule has 1 aromatic carbocycles. The first kappa shape index (κ1) is 14.0. The molecule has 2 rings (SSSR count). The molecule has 4 heteroatoms. The Kier molecular flexibility index (Phi) is 5.34. The fourth-order valence-corrected chi connectivity index (χ4v) is 2.23. The monoisotopic (exact) mass is 259 g/mol. The van der Waals surface area contributed by atoms with Crippen LogP contribution in [0.3, 0.4) is 0 Å². The number of nitriles is 1. The molecular formula is C15H21N3O. The molecule has 1 N–H and O–H groups in total. The molecule has 0 aliphatic carbocycles. The van der Waals surface area contributed by atoms with E-state index in [0.717, 1.165) is 39.4 Å². The van der Waals surface area contributed by atoms with Crippen LogP contribution in [0.4, 0.5) is 0 Å². The van der Waals surface area contributed by atoms with Gasteiger partial charge in [0.2, 0.25) is 0 Å². The van der Waals surface area contributed by atoms with Crippen molar-refractivity contribution in [2.24, 2.45) is 0 Å². The first-order valence-corrected chi connectivity index (χ1v) is 6.83. The Balaban J connectivity index is 1.73. The zero-order chi connectivity index (χ0) is 13.5. The van der Waals surface area contributed by atoms with Gasteiger partial charge in [0.25, 0.3) is 0 Å². The highest BCUT2D eigenvalue weighted by Crippen LogP contribution is 2.12. The van der Waals surface area contributed by atoms with Gasteiger partial charge in [-0.25, -0.2) is 0 Å². The Morgan fingerprint density at radius 1 is 1.32 bits per heavy atom. The Labute approximate surface area is 115 Å². The maximum atomic E-state index is 8.77. The van der Waals surface area contributed by atoms with E-state index in [1.807, 2.05) is 24.3 Å². The van der Waals surface area contributed by atoms with Crippen LogP contribution in [-0.2, 0) is 4.74 Å². The van der Waals surface area contributed by atoms with E-state index in [4.69, 9.17) is 10.00 Å². The molecule has 1 aliphatic rings. The van der Waals surface area contributed by atoms with Crippen LogP contribution in [-0.4, -0.2) is 44.3 Å². The van der Waals surface area contributed by atoms with E-state index in [1.54, 1.807) is 0 Å². The third-order valence-electron chi connectivity index (χ3n) is 3.52. The van der Waals surface area contributed by atoms with Crippen molar-refractivity contribution in [2.45, 2.75) is 13.0 Å². The molecule has 102 valence electrons. The van der Waals surface area contributed by atoms with Crippen molar-refractivity contribution in [3.8, 4) is 6.07 Å². The summed E-state index contributed by atoms with van der Waals surface area (Å²) in [7, 11) is 0. The van der Waals surface area contributed by atoms with E-state index in [-0.39, 0.29) is 0 Å². The van der Waals surface area contributed by atoms with Crippen molar-refractivity contribution in [3.05, 3.63) is 35.4 Å². The van der Waals surface area contributed by atoms with Crippen LogP contribution in [0.15, 0.2) is 24.3 Å². The van der Waals surface area contributed by atoms with Crippen molar-refractivity contribution in [1.29, 1.82) is 5.26 Å². The molecule has 0 radical (unpaired) electrons. The molecule has 0 spiro atoms. The molecule has 0 saturated carbocycles. The number of rotatable bonds is 5. The molecule has 1 aromatic rings. The van der Waals surface area contributed by atoms with Gasteiger partial charge in [0.05, 0.1) is 24.8 Å². The van der Waals surface area contributed by atoms with Gasteiger partial charge in [0.15, 0.2) is 0 Å². The molecular weight excluding hydrogens is 238 g/mol. The van der Waals surface area contributed by atoms with Crippen molar-refractivity contribution in [2.75, 3.05) is 39.4 Å². The van der Waals surface area contributed by atoms with E-state index < -0.39 is 0 Å². The summed E-state index contributed by atoms with van der Waals surface area (Å²) >= 11 is 0. The van der Waals surface area contributed by atoms with E-state index in [0.29, 0.717) is 11.6 Å². The lowest BCUT2D eigenvalue weighted by atomic mass is 10.1. The Bertz CT molecular complexity index is 418. The van der Waals surface area contributed by atoms with Gasteiger partial charge in [0, 0.05) is 32.2 Å². The standard InChI is InChI=1S/C15H21N3O/c1-13(15-4-2-14(12-16)3-5-15)17-6-7-18-8-10-19-11-9-18/h2-5,13,17H,6-11H2,1H3. The normalized spacial score (nSPS) is 17.9. The van der Waals surface area contributed by atoms with Crippen LogP contribution in [0.2, 0.25) is 0 Å². The first-order chi connectivity index (χ1) is 9.29. The molecule has 1 heterocycles. The highest BCUT2D eigenvalue weighted by molar-refractivity contribution is 5.32. The van der Waals surface area contributed by atoms with Crippen molar-refractivity contribution < 1.29 is 4.74 Å². The van der Waals surface area contributed by atoms with E-state index >= 15 is 0 Å². The van der Waals surface area contributed by atoms with Crippen molar-refractivity contribution in [1.82, 2.24) is 10.2 Å². The van der Waals surface area contributed by atoms with Crippen LogP contribution in [0, 0.1) is 11.3 Å². The molecule has 4 nitrogen and oxygen atoms in total. The number of ether oxygens (including phenoxy) is 1. The highest BCUT2D eigenvalue weighted by atomic mass is 16.5. The third-order valence-corrected chi connectivity index (χ3v) is 3.52.